The molecule has 1 aromatic carbocycles. The van der Waals surface area contributed by atoms with E-state index in [0.29, 0.717) is 6.42 Å². The van der Waals surface area contributed by atoms with Gasteiger partial charge in [-0.1, -0.05) is 64.0 Å². The summed E-state index contributed by atoms with van der Waals surface area (Å²) in [7, 11) is 0. The molecule has 0 amide bonds. The molecule has 0 aliphatic carbocycles. The molecule has 1 aromatic rings. The summed E-state index contributed by atoms with van der Waals surface area (Å²) in [6.45, 7) is 5.95. The molecule has 0 unspecified atom stereocenters. The third-order valence-corrected chi connectivity index (χ3v) is 4.61. The number of benzene rings is 1. The van der Waals surface area contributed by atoms with Gasteiger partial charge in [-0.2, -0.15) is 0 Å². The number of hydrogen-bond acceptors (Lipinski definition) is 3. The number of ketones is 2. The highest BCUT2D eigenvalue weighted by Gasteiger charge is 2.19. The predicted molar refractivity (Wildman–Crippen MR) is 103 cm³/mol. The highest BCUT2D eigenvalue weighted by atomic mass is 16.5. The second kappa shape index (κ2) is 12.7. The standard InChI is InChI=1S/C22H34O3/c1-4-5-6-7-8-9-10-11-16-25-21-14-12-20(13-15-21)17-22(18(2)23)19(3)24/h12-15,22H,4-11,16-17H2,1-3H3. The lowest BCUT2D eigenvalue weighted by Gasteiger charge is -2.11. The largest absolute Gasteiger partial charge is 0.494 e. The Hall–Kier alpha value is -1.64. The summed E-state index contributed by atoms with van der Waals surface area (Å²) in [6, 6.07) is 7.75. The van der Waals surface area contributed by atoms with Gasteiger partial charge in [0.2, 0.25) is 0 Å². The lowest BCUT2D eigenvalue weighted by molar-refractivity contribution is -0.130. The van der Waals surface area contributed by atoms with Crippen molar-refractivity contribution in [2.45, 2.75) is 78.6 Å². The fraction of sp³-hybridized carbons (Fsp3) is 0.636. The van der Waals surface area contributed by atoms with Crippen molar-refractivity contribution in [3.63, 3.8) is 0 Å². The van der Waals surface area contributed by atoms with Crippen LogP contribution in [0.2, 0.25) is 0 Å². The third-order valence-electron chi connectivity index (χ3n) is 4.61. The lowest BCUT2D eigenvalue weighted by atomic mass is 9.93. The Balaban J connectivity index is 2.22. The molecule has 0 bridgehead atoms. The van der Waals surface area contributed by atoms with Crippen molar-refractivity contribution in [2.24, 2.45) is 5.92 Å². The maximum absolute atomic E-state index is 11.5. The summed E-state index contributed by atoms with van der Waals surface area (Å²) < 4.78 is 5.77. The fourth-order valence-electron chi connectivity index (χ4n) is 2.96. The Kier molecular flexibility index (Phi) is 10.9. The van der Waals surface area contributed by atoms with Gasteiger partial charge >= 0.3 is 0 Å². The van der Waals surface area contributed by atoms with Gasteiger partial charge < -0.3 is 4.74 Å². The van der Waals surface area contributed by atoms with Gasteiger partial charge in [0.25, 0.3) is 0 Å². The molecule has 0 aliphatic rings. The molecule has 0 spiro atoms. The molecule has 1 rings (SSSR count). The molecule has 3 nitrogen and oxygen atoms in total. The highest BCUT2D eigenvalue weighted by molar-refractivity contribution is 6.00. The van der Waals surface area contributed by atoms with Crippen LogP contribution in [0.1, 0.15) is 77.7 Å². The van der Waals surface area contributed by atoms with Gasteiger partial charge in [-0.15, -0.1) is 0 Å². The van der Waals surface area contributed by atoms with Crippen LogP contribution >= 0.6 is 0 Å². The predicted octanol–water partition coefficient (Wildman–Crippen LogP) is 5.54. The maximum Gasteiger partial charge on any atom is 0.140 e. The van der Waals surface area contributed by atoms with Gasteiger partial charge in [0, 0.05) is 0 Å². The van der Waals surface area contributed by atoms with Gasteiger partial charge in [-0.05, 0) is 44.4 Å². The molecule has 0 aliphatic heterocycles. The molecule has 0 fully saturated rings. The van der Waals surface area contributed by atoms with Gasteiger partial charge in [0.15, 0.2) is 0 Å². The Bertz CT molecular complexity index is 491. The van der Waals surface area contributed by atoms with Crippen LogP contribution in [-0.2, 0) is 16.0 Å². The van der Waals surface area contributed by atoms with Crippen molar-refractivity contribution in [3.05, 3.63) is 29.8 Å². The van der Waals surface area contributed by atoms with Gasteiger partial charge in [0.05, 0.1) is 12.5 Å². The number of carbonyl (C=O) groups excluding carboxylic acids is 2. The molecule has 0 saturated heterocycles. The van der Waals surface area contributed by atoms with E-state index in [1.165, 1.54) is 58.8 Å². The number of rotatable bonds is 14. The molecular formula is C22H34O3. The number of carbonyl (C=O) groups is 2. The van der Waals surface area contributed by atoms with E-state index in [0.717, 1.165) is 24.3 Å². The summed E-state index contributed by atoms with van der Waals surface area (Å²) in [5.41, 5.74) is 0.995. The smallest absolute Gasteiger partial charge is 0.140 e. The van der Waals surface area contributed by atoms with Crippen molar-refractivity contribution in [3.8, 4) is 5.75 Å². The first-order valence-electron chi connectivity index (χ1n) is 9.77. The van der Waals surface area contributed by atoms with Gasteiger partial charge in [-0.3, -0.25) is 9.59 Å². The highest BCUT2D eigenvalue weighted by Crippen LogP contribution is 2.17. The maximum atomic E-state index is 11.5. The van der Waals surface area contributed by atoms with E-state index in [4.69, 9.17) is 4.74 Å². The normalized spacial score (nSPS) is 10.9. The Morgan fingerprint density at radius 1 is 0.840 bits per heavy atom. The summed E-state index contributed by atoms with van der Waals surface area (Å²) in [5.74, 6) is 0.197. The van der Waals surface area contributed by atoms with Crippen molar-refractivity contribution >= 4 is 11.6 Å². The average Bonchev–Trinajstić information content (AvgIpc) is 2.58. The molecular weight excluding hydrogens is 312 g/mol. The van der Waals surface area contributed by atoms with Crippen LogP contribution in [0.5, 0.6) is 5.75 Å². The Morgan fingerprint density at radius 2 is 1.36 bits per heavy atom. The van der Waals surface area contributed by atoms with Crippen molar-refractivity contribution < 1.29 is 14.3 Å². The quantitative estimate of drug-likeness (QED) is 0.328. The number of ether oxygens (including phenoxy) is 1. The molecule has 0 radical (unpaired) electrons. The van der Waals surface area contributed by atoms with Crippen LogP contribution in [-0.4, -0.2) is 18.2 Å². The van der Waals surface area contributed by atoms with Crippen molar-refractivity contribution in [1.82, 2.24) is 0 Å². The van der Waals surface area contributed by atoms with Gasteiger partial charge in [-0.25, -0.2) is 0 Å². The molecule has 140 valence electrons. The second-order valence-corrected chi connectivity index (χ2v) is 6.95. The summed E-state index contributed by atoms with van der Waals surface area (Å²) >= 11 is 0. The van der Waals surface area contributed by atoms with E-state index in [1.54, 1.807) is 0 Å². The van der Waals surface area contributed by atoms with Crippen LogP contribution in [0, 0.1) is 5.92 Å². The molecule has 0 N–H and O–H groups in total. The molecule has 3 heteroatoms. The average molecular weight is 347 g/mol. The Labute approximate surface area is 153 Å². The number of unbranched alkanes of at least 4 members (excludes halogenated alkanes) is 7. The first-order chi connectivity index (χ1) is 12.0. The topological polar surface area (TPSA) is 43.4 Å². The number of hydrogen-bond donors (Lipinski definition) is 0. The lowest BCUT2D eigenvalue weighted by Crippen LogP contribution is -2.21. The van der Waals surface area contributed by atoms with E-state index in [1.807, 2.05) is 24.3 Å². The van der Waals surface area contributed by atoms with Gasteiger partial charge in [0.1, 0.15) is 17.3 Å². The van der Waals surface area contributed by atoms with E-state index in [-0.39, 0.29) is 11.6 Å². The minimum atomic E-state index is -0.524. The minimum absolute atomic E-state index is 0.0671. The molecule has 25 heavy (non-hydrogen) atoms. The summed E-state index contributed by atoms with van der Waals surface area (Å²) in [6.07, 6.45) is 10.8. The van der Waals surface area contributed by atoms with Crippen LogP contribution in [0.25, 0.3) is 0 Å². The SMILES string of the molecule is CCCCCCCCCCOc1ccc(CC(C(C)=O)C(C)=O)cc1. The van der Waals surface area contributed by atoms with E-state index in [9.17, 15) is 9.59 Å². The van der Waals surface area contributed by atoms with Crippen LogP contribution in [0.3, 0.4) is 0 Å². The monoisotopic (exact) mass is 346 g/mol. The first kappa shape index (κ1) is 21.4. The number of Topliss-reactive ketones (excluding diaryl/α,β-unsaturated/α-hetero) is 2. The van der Waals surface area contributed by atoms with Crippen molar-refractivity contribution in [2.75, 3.05) is 6.61 Å². The zero-order valence-corrected chi connectivity index (χ0v) is 16.2. The van der Waals surface area contributed by atoms with Crippen LogP contribution in [0.4, 0.5) is 0 Å². The second-order valence-electron chi connectivity index (χ2n) is 6.95. The first-order valence-corrected chi connectivity index (χ1v) is 9.77. The molecule has 0 aromatic heterocycles. The molecule has 0 heterocycles. The minimum Gasteiger partial charge on any atom is -0.494 e. The van der Waals surface area contributed by atoms with Crippen LogP contribution in [0.15, 0.2) is 24.3 Å². The fourth-order valence-corrected chi connectivity index (χ4v) is 2.96. The van der Waals surface area contributed by atoms with E-state index >= 15 is 0 Å². The summed E-state index contributed by atoms with van der Waals surface area (Å²) in [5, 5.41) is 0. The zero-order valence-electron chi connectivity index (χ0n) is 16.2. The summed E-state index contributed by atoms with van der Waals surface area (Å²) in [4.78, 5) is 23.0. The van der Waals surface area contributed by atoms with E-state index < -0.39 is 5.92 Å². The molecule has 0 atom stereocenters. The zero-order chi connectivity index (χ0) is 18.5. The van der Waals surface area contributed by atoms with Crippen molar-refractivity contribution in [1.29, 1.82) is 0 Å². The van der Waals surface area contributed by atoms with E-state index in [2.05, 4.69) is 6.92 Å². The van der Waals surface area contributed by atoms with Crippen LogP contribution < -0.4 is 4.74 Å². The Morgan fingerprint density at radius 3 is 1.88 bits per heavy atom. The third kappa shape index (κ3) is 9.42. The molecule has 0 saturated carbocycles.